The summed E-state index contributed by atoms with van der Waals surface area (Å²) in [5, 5.41) is 0. The first-order valence-electron chi connectivity index (χ1n) is 8.23. The van der Waals surface area contributed by atoms with Gasteiger partial charge in [0.1, 0.15) is 19.0 Å². The van der Waals surface area contributed by atoms with Crippen molar-refractivity contribution in [2.75, 3.05) is 13.2 Å². The van der Waals surface area contributed by atoms with Crippen LogP contribution in [0.2, 0.25) is 0 Å². The van der Waals surface area contributed by atoms with E-state index in [0.29, 0.717) is 0 Å². The van der Waals surface area contributed by atoms with Crippen molar-refractivity contribution in [3.63, 3.8) is 0 Å². The van der Waals surface area contributed by atoms with E-state index in [-0.39, 0.29) is 64.6 Å². The van der Waals surface area contributed by atoms with Crippen molar-refractivity contribution < 1.29 is 18.7 Å². The van der Waals surface area contributed by atoms with E-state index in [1.807, 2.05) is 12.1 Å². The largest absolute Gasteiger partial charge is 0.694 e. The Hall–Kier alpha value is 0.676. The maximum absolute atomic E-state index is 10.3. The van der Waals surface area contributed by atoms with Crippen LogP contribution in [0.3, 0.4) is 0 Å². The molecule has 0 saturated heterocycles. The van der Waals surface area contributed by atoms with Gasteiger partial charge in [-0.2, -0.15) is 0 Å². The summed E-state index contributed by atoms with van der Waals surface area (Å²) >= 11 is 0. The second kappa shape index (κ2) is 16.2. The molecule has 0 heterocycles. The van der Waals surface area contributed by atoms with E-state index >= 15 is 0 Å². The maximum atomic E-state index is 10.3. The topological polar surface area (TPSA) is 55.8 Å². The minimum absolute atomic E-state index is 0. The standard InChI is InChI=1S/C17H27O4P.K/c1-2-3-4-5-6-7-8-9-16-10-12-17(13-11-16)20-14-15-21-22(18)19;/h10-13H,2-9,14-15H2,1H3;/p+1. The third-order valence-electron chi connectivity index (χ3n) is 3.55. The van der Waals surface area contributed by atoms with Crippen LogP contribution in [0.5, 0.6) is 5.75 Å². The van der Waals surface area contributed by atoms with Crippen molar-refractivity contribution in [2.45, 2.75) is 58.3 Å². The smallest absolute Gasteiger partial charge is 0.491 e. The van der Waals surface area contributed by atoms with Crippen LogP contribution in [0.25, 0.3) is 0 Å². The van der Waals surface area contributed by atoms with Gasteiger partial charge >= 0.3 is 8.25 Å². The molecule has 1 rings (SSSR count). The molecule has 0 amide bonds. The fraction of sp³-hybridized carbons (Fsp3) is 0.647. The van der Waals surface area contributed by atoms with Crippen molar-refractivity contribution in [1.29, 1.82) is 0 Å². The molecule has 1 aromatic carbocycles. The molecular formula is C17H28KO4P+. The van der Waals surface area contributed by atoms with Crippen LogP contribution in [-0.4, -0.2) is 69.5 Å². The molecule has 0 aromatic heterocycles. The first kappa shape index (κ1) is 23.7. The van der Waals surface area contributed by atoms with Gasteiger partial charge in [0.2, 0.25) is 0 Å². The normalized spacial score (nSPS) is 11.0. The third-order valence-corrected chi connectivity index (χ3v) is 3.95. The summed E-state index contributed by atoms with van der Waals surface area (Å²) in [5.74, 6) is 0.764. The molecule has 0 aliphatic carbocycles. The average Bonchev–Trinajstić information content (AvgIpc) is 2.52. The molecule has 0 aliphatic rings. The van der Waals surface area contributed by atoms with Gasteiger partial charge in [-0.05, 0) is 30.5 Å². The number of benzene rings is 1. The molecule has 1 unspecified atom stereocenters. The predicted octanol–water partition coefficient (Wildman–Crippen LogP) is 4.64. The van der Waals surface area contributed by atoms with E-state index in [1.165, 1.54) is 50.5 Å². The van der Waals surface area contributed by atoms with Crippen LogP contribution in [0.15, 0.2) is 24.3 Å². The number of unbranched alkanes of at least 4 members (excludes halogenated alkanes) is 6. The van der Waals surface area contributed by atoms with E-state index in [1.54, 1.807) is 0 Å². The van der Waals surface area contributed by atoms with Gasteiger partial charge in [-0.3, -0.25) is 0 Å². The molecule has 1 aromatic rings. The molecule has 1 radical (unpaired) electrons. The van der Waals surface area contributed by atoms with Crippen LogP contribution in [0.4, 0.5) is 0 Å². The molecule has 0 fully saturated rings. The molecular weight excluding hydrogens is 338 g/mol. The second-order valence-electron chi connectivity index (χ2n) is 5.43. The summed E-state index contributed by atoms with van der Waals surface area (Å²) in [6, 6.07) is 8.05. The monoisotopic (exact) mass is 366 g/mol. The summed E-state index contributed by atoms with van der Waals surface area (Å²) in [5.41, 5.74) is 1.33. The van der Waals surface area contributed by atoms with Crippen LogP contribution in [0.1, 0.15) is 57.4 Å². The quantitative estimate of drug-likeness (QED) is 0.314. The number of ether oxygens (including phenoxy) is 1. The summed E-state index contributed by atoms with van der Waals surface area (Å²) in [7, 11) is -2.53. The summed E-state index contributed by atoms with van der Waals surface area (Å²) in [6.07, 6.45) is 10.4. The van der Waals surface area contributed by atoms with Crippen LogP contribution in [0, 0.1) is 0 Å². The van der Waals surface area contributed by atoms with Crippen molar-refractivity contribution in [3.05, 3.63) is 29.8 Å². The first-order chi connectivity index (χ1) is 10.7. The van der Waals surface area contributed by atoms with E-state index in [0.717, 1.165) is 12.2 Å². The third kappa shape index (κ3) is 13.6. The van der Waals surface area contributed by atoms with Gasteiger partial charge < -0.3 is 4.74 Å². The molecule has 0 saturated carbocycles. The van der Waals surface area contributed by atoms with Crippen LogP contribution in [-0.2, 0) is 15.5 Å². The van der Waals surface area contributed by atoms with Gasteiger partial charge in [0.15, 0.2) is 0 Å². The van der Waals surface area contributed by atoms with Crippen molar-refractivity contribution in [3.8, 4) is 5.75 Å². The Morgan fingerprint density at radius 1 is 0.957 bits per heavy atom. The van der Waals surface area contributed by atoms with Gasteiger partial charge in [-0.15, -0.1) is 9.42 Å². The number of rotatable bonds is 13. The Morgan fingerprint density at radius 3 is 2.17 bits per heavy atom. The van der Waals surface area contributed by atoms with Crippen molar-refractivity contribution in [2.24, 2.45) is 0 Å². The number of hydrogen-bond donors (Lipinski definition) is 1. The van der Waals surface area contributed by atoms with E-state index in [4.69, 9.17) is 9.63 Å². The van der Waals surface area contributed by atoms with Crippen molar-refractivity contribution >= 4 is 59.6 Å². The molecule has 125 valence electrons. The van der Waals surface area contributed by atoms with E-state index in [9.17, 15) is 4.57 Å². The Labute approximate surface area is 183 Å². The maximum Gasteiger partial charge on any atom is 0.694 e. The molecule has 0 spiro atoms. The van der Waals surface area contributed by atoms with Gasteiger partial charge in [0, 0.05) is 55.9 Å². The van der Waals surface area contributed by atoms with Gasteiger partial charge in [0.25, 0.3) is 0 Å². The minimum atomic E-state index is -2.53. The Bertz CT molecular complexity index is 412. The van der Waals surface area contributed by atoms with E-state index < -0.39 is 8.25 Å². The fourth-order valence-electron chi connectivity index (χ4n) is 2.31. The zero-order chi connectivity index (χ0) is 16.0. The minimum Gasteiger partial charge on any atom is -0.491 e. The molecule has 0 aliphatic heterocycles. The molecule has 4 nitrogen and oxygen atoms in total. The average molecular weight is 366 g/mol. The SMILES string of the molecule is CCCCCCCCCc1ccc(OCCO[P+](=O)O)cc1.[K]. The predicted molar refractivity (Wildman–Crippen MR) is 95.2 cm³/mol. The van der Waals surface area contributed by atoms with Crippen LogP contribution < -0.4 is 4.74 Å². The Morgan fingerprint density at radius 2 is 1.57 bits per heavy atom. The first-order valence-corrected chi connectivity index (χ1v) is 9.36. The zero-order valence-electron chi connectivity index (χ0n) is 14.5. The number of aryl methyl sites for hydroxylation is 1. The molecule has 6 heteroatoms. The molecule has 1 atom stereocenters. The zero-order valence-corrected chi connectivity index (χ0v) is 18.5. The molecule has 23 heavy (non-hydrogen) atoms. The molecule has 1 N–H and O–H groups in total. The van der Waals surface area contributed by atoms with Crippen LogP contribution >= 0.6 is 8.25 Å². The summed E-state index contributed by atoms with van der Waals surface area (Å²) in [4.78, 5) is 8.48. The number of hydrogen-bond acceptors (Lipinski definition) is 3. The van der Waals surface area contributed by atoms with Gasteiger partial charge in [-0.25, -0.2) is 0 Å². The second-order valence-corrected chi connectivity index (χ2v) is 6.17. The fourth-order valence-corrected chi connectivity index (χ4v) is 2.54. The summed E-state index contributed by atoms with van der Waals surface area (Å²) < 4.78 is 20.3. The van der Waals surface area contributed by atoms with Gasteiger partial charge in [-0.1, -0.05) is 57.6 Å². The Balaban J connectivity index is 0.00000484. The molecule has 0 bridgehead atoms. The van der Waals surface area contributed by atoms with Crippen molar-refractivity contribution in [1.82, 2.24) is 0 Å². The Kier molecular flexibility index (Phi) is 16.6. The van der Waals surface area contributed by atoms with E-state index in [2.05, 4.69) is 23.6 Å². The van der Waals surface area contributed by atoms with Gasteiger partial charge in [0.05, 0.1) is 0 Å². The summed E-state index contributed by atoms with van der Waals surface area (Å²) in [6.45, 7) is 2.64.